The fourth-order valence-electron chi connectivity index (χ4n) is 3.56. The van der Waals surface area contributed by atoms with E-state index in [1.165, 1.54) is 0 Å². The molecule has 1 aliphatic rings. The molecule has 0 saturated carbocycles. The van der Waals surface area contributed by atoms with Crippen LogP contribution in [0.3, 0.4) is 0 Å². The minimum absolute atomic E-state index is 0.000392. The van der Waals surface area contributed by atoms with E-state index in [9.17, 15) is 4.79 Å². The summed E-state index contributed by atoms with van der Waals surface area (Å²) in [7, 11) is 0. The van der Waals surface area contributed by atoms with Crippen molar-refractivity contribution in [3.05, 3.63) is 60.0 Å². The zero-order valence-electron chi connectivity index (χ0n) is 14.8. The first kappa shape index (κ1) is 16.6. The van der Waals surface area contributed by atoms with E-state index in [1.54, 1.807) is 6.20 Å². The SMILES string of the molecule is Cc1cc2nccc([C@H]3CCCCN3C(=O)COc3ccccc3)n2n1. The standard InChI is InChI=1S/C20H22N4O2/c1-15-13-19-21-11-10-18(24(19)22-15)17-9-5-6-12-23(17)20(25)14-26-16-7-3-2-4-8-16/h2-4,7-8,10-11,13,17H,5-6,9,12,14H2,1H3/t17-/m1/s1. The van der Waals surface area contributed by atoms with Gasteiger partial charge < -0.3 is 9.64 Å². The van der Waals surface area contributed by atoms with Crippen molar-refractivity contribution < 1.29 is 9.53 Å². The van der Waals surface area contributed by atoms with Crippen LogP contribution in [0.4, 0.5) is 0 Å². The number of hydrogen-bond donors (Lipinski definition) is 0. The van der Waals surface area contributed by atoms with Gasteiger partial charge in [-0.2, -0.15) is 5.10 Å². The molecule has 0 bridgehead atoms. The highest BCUT2D eigenvalue weighted by Gasteiger charge is 2.30. The average molecular weight is 350 g/mol. The van der Waals surface area contributed by atoms with Gasteiger partial charge in [-0.3, -0.25) is 4.79 Å². The largest absolute Gasteiger partial charge is 0.484 e. The summed E-state index contributed by atoms with van der Waals surface area (Å²) in [6, 6.07) is 13.4. The lowest BCUT2D eigenvalue weighted by Crippen LogP contribution is -2.41. The van der Waals surface area contributed by atoms with Crippen LogP contribution in [0.25, 0.3) is 5.65 Å². The monoisotopic (exact) mass is 350 g/mol. The Morgan fingerprint density at radius 2 is 2.08 bits per heavy atom. The lowest BCUT2D eigenvalue weighted by Gasteiger charge is -2.35. The molecule has 4 rings (SSSR count). The molecule has 6 heteroatoms. The molecule has 0 aliphatic carbocycles. The van der Waals surface area contributed by atoms with Crippen LogP contribution >= 0.6 is 0 Å². The number of hydrogen-bond acceptors (Lipinski definition) is 4. The Bertz CT molecular complexity index is 907. The van der Waals surface area contributed by atoms with Crippen molar-refractivity contribution in [3.63, 3.8) is 0 Å². The third kappa shape index (κ3) is 3.27. The minimum atomic E-state index is 0.000392. The molecule has 0 unspecified atom stereocenters. The lowest BCUT2D eigenvalue weighted by molar-refractivity contribution is -0.137. The summed E-state index contributed by atoms with van der Waals surface area (Å²) < 4.78 is 7.54. The van der Waals surface area contributed by atoms with Gasteiger partial charge in [-0.1, -0.05) is 18.2 Å². The summed E-state index contributed by atoms with van der Waals surface area (Å²) in [6.45, 7) is 2.74. The second-order valence-electron chi connectivity index (χ2n) is 6.63. The third-order valence-electron chi connectivity index (χ3n) is 4.78. The molecule has 1 saturated heterocycles. The van der Waals surface area contributed by atoms with E-state index < -0.39 is 0 Å². The number of amides is 1. The Kier molecular flexibility index (Phi) is 4.56. The van der Waals surface area contributed by atoms with E-state index in [4.69, 9.17) is 4.74 Å². The second-order valence-corrected chi connectivity index (χ2v) is 6.63. The fraction of sp³-hybridized carbons (Fsp3) is 0.350. The molecule has 6 nitrogen and oxygen atoms in total. The number of rotatable bonds is 4. The Morgan fingerprint density at radius 3 is 2.92 bits per heavy atom. The van der Waals surface area contributed by atoms with Crippen LogP contribution in [0, 0.1) is 6.92 Å². The number of fused-ring (bicyclic) bond motifs is 1. The van der Waals surface area contributed by atoms with Gasteiger partial charge in [0, 0.05) is 18.8 Å². The van der Waals surface area contributed by atoms with Gasteiger partial charge >= 0.3 is 0 Å². The number of carbonyl (C=O) groups is 1. The average Bonchev–Trinajstić information content (AvgIpc) is 3.07. The van der Waals surface area contributed by atoms with E-state index in [0.717, 1.165) is 42.8 Å². The minimum Gasteiger partial charge on any atom is -0.484 e. The Morgan fingerprint density at radius 1 is 1.23 bits per heavy atom. The van der Waals surface area contributed by atoms with Crippen LogP contribution in [0.2, 0.25) is 0 Å². The van der Waals surface area contributed by atoms with Gasteiger partial charge in [-0.25, -0.2) is 9.50 Å². The number of aryl methyl sites for hydroxylation is 1. The Labute approximate surface area is 152 Å². The molecule has 1 aromatic carbocycles. The second kappa shape index (κ2) is 7.15. The van der Waals surface area contributed by atoms with Gasteiger partial charge in [-0.05, 0) is 44.4 Å². The van der Waals surface area contributed by atoms with E-state index >= 15 is 0 Å². The highest BCUT2D eigenvalue weighted by atomic mass is 16.5. The van der Waals surface area contributed by atoms with Crippen molar-refractivity contribution in [1.82, 2.24) is 19.5 Å². The Balaban J connectivity index is 1.57. The zero-order chi connectivity index (χ0) is 17.9. The number of nitrogens with zero attached hydrogens (tertiary/aromatic N) is 4. The predicted octanol–water partition coefficient (Wildman–Crippen LogP) is 3.17. The van der Waals surface area contributed by atoms with Crippen LogP contribution < -0.4 is 4.74 Å². The smallest absolute Gasteiger partial charge is 0.261 e. The predicted molar refractivity (Wildman–Crippen MR) is 98.0 cm³/mol. The first-order chi connectivity index (χ1) is 12.7. The number of piperidine rings is 1. The molecule has 3 heterocycles. The summed E-state index contributed by atoms with van der Waals surface area (Å²) in [4.78, 5) is 19.2. The molecule has 26 heavy (non-hydrogen) atoms. The topological polar surface area (TPSA) is 59.7 Å². The quantitative estimate of drug-likeness (QED) is 0.725. The van der Waals surface area contributed by atoms with Crippen molar-refractivity contribution in [3.8, 4) is 5.75 Å². The van der Waals surface area contributed by atoms with E-state index in [2.05, 4.69) is 10.1 Å². The van der Waals surface area contributed by atoms with Gasteiger partial charge in [0.15, 0.2) is 12.3 Å². The maximum Gasteiger partial charge on any atom is 0.261 e. The van der Waals surface area contributed by atoms with E-state index in [-0.39, 0.29) is 18.6 Å². The van der Waals surface area contributed by atoms with Crippen LogP contribution in [0.15, 0.2) is 48.7 Å². The van der Waals surface area contributed by atoms with Crippen molar-refractivity contribution >= 4 is 11.6 Å². The molecule has 3 aromatic rings. The van der Waals surface area contributed by atoms with Gasteiger partial charge in [0.1, 0.15) is 5.75 Å². The molecule has 0 N–H and O–H groups in total. The molecule has 1 amide bonds. The van der Waals surface area contributed by atoms with Crippen molar-refractivity contribution in [2.24, 2.45) is 0 Å². The van der Waals surface area contributed by atoms with E-state index in [0.29, 0.717) is 5.75 Å². The van der Waals surface area contributed by atoms with Crippen molar-refractivity contribution in [2.75, 3.05) is 13.2 Å². The molecule has 134 valence electrons. The summed E-state index contributed by atoms with van der Waals surface area (Å²) >= 11 is 0. The maximum atomic E-state index is 12.9. The maximum absolute atomic E-state index is 12.9. The molecule has 2 aromatic heterocycles. The molecule has 1 aliphatic heterocycles. The van der Waals surface area contributed by atoms with Crippen LogP contribution in [0.1, 0.15) is 36.7 Å². The summed E-state index contributed by atoms with van der Waals surface area (Å²) in [6.07, 6.45) is 4.83. The zero-order valence-corrected chi connectivity index (χ0v) is 14.8. The summed E-state index contributed by atoms with van der Waals surface area (Å²) in [5.74, 6) is 0.718. The van der Waals surface area contributed by atoms with Gasteiger partial charge in [0.25, 0.3) is 5.91 Å². The van der Waals surface area contributed by atoms with Gasteiger partial charge in [-0.15, -0.1) is 0 Å². The van der Waals surface area contributed by atoms with Gasteiger partial charge in [0.05, 0.1) is 17.4 Å². The first-order valence-corrected chi connectivity index (χ1v) is 9.01. The normalized spacial score (nSPS) is 17.4. The molecule has 1 fully saturated rings. The number of aromatic nitrogens is 3. The number of carbonyl (C=O) groups excluding carboxylic acids is 1. The number of benzene rings is 1. The van der Waals surface area contributed by atoms with Crippen molar-refractivity contribution in [2.45, 2.75) is 32.2 Å². The fourth-order valence-corrected chi connectivity index (χ4v) is 3.56. The lowest BCUT2D eigenvalue weighted by atomic mass is 9.99. The molecule has 1 atom stereocenters. The van der Waals surface area contributed by atoms with Gasteiger partial charge in [0.2, 0.25) is 0 Å². The Hall–Kier alpha value is -2.89. The number of likely N-dealkylation sites (tertiary alicyclic amines) is 1. The number of para-hydroxylation sites is 1. The summed E-state index contributed by atoms with van der Waals surface area (Å²) in [5, 5.41) is 4.56. The third-order valence-corrected chi connectivity index (χ3v) is 4.78. The van der Waals surface area contributed by atoms with Crippen LogP contribution in [-0.4, -0.2) is 38.6 Å². The molecule has 0 spiro atoms. The number of ether oxygens (including phenoxy) is 1. The highest BCUT2D eigenvalue weighted by molar-refractivity contribution is 5.78. The van der Waals surface area contributed by atoms with Crippen LogP contribution in [0.5, 0.6) is 5.75 Å². The molecular weight excluding hydrogens is 328 g/mol. The first-order valence-electron chi connectivity index (χ1n) is 9.01. The van der Waals surface area contributed by atoms with Crippen LogP contribution in [-0.2, 0) is 4.79 Å². The molecular formula is C20H22N4O2. The van der Waals surface area contributed by atoms with E-state index in [1.807, 2.05) is 58.8 Å². The van der Waals surface area contributed by atoms with Crippen molar-refractivity contribution in [1.29, 1.82) is 0 Å². The molecule has 0 radical (unpaired) electrons. The summed E-state index contributed by atoms with van der Waals surface area (Å²) in [5.41, 5.74) is 2.75. The highest BCUT2D eigenvalue weighted by Crippen LogP contribution is 2.31.